The van der Waals surface area contributed by atoms with Gasteiger partial charge in [0.25, 0.3) is 5.88 Å². The largest absolute Gasteiger partial charge is 0.479 e. The van der Waals surface area contributed by atoms with E-state index in [0.717, 1.165) is 4.57 Å². The number of halogens is 2. The zero-order valence-corrected chi connectivity index (χ0v) is 20.6. The predicted octanol–water partition coefficient (Wildman–Crippen LogP) is 2.70. The number of ether oxygens (including phenoxy) is 2. The third-order valence-corrected chi connectivity index (χ3v) is 5.61. The Morgan fingerprint density at radius 3 is 2.47 bits per heavy atom. The smallest absolute Gasteiger partial charge is 0.335 e. The molecule has 0 radical (unpaired) electrons. The van der Waals surface area contributed by atoms with Crippen LogP contribution in [0.15, 0.2) is 81.4 Å². The number of H-pyrrole nitrogens is 1. The lowest BCUT2D eigenvalue weighted by Crippen LogP contribution is -2.52. The molecule has 38 heavy (non-hydrogen) atoms. The minimum Gasteiger partial charge on any atom is -0.479 e. The van der Waals surface area contributed by atoms with E-state index in [9.17, 15) is 23.9 Å². The molecule has 0 amide bonds. The van der Waals surface area contributed by atoms with Crippen LogP contribution in [-0.4, -0.2) is 43.4 Å². The first-order valence-electron chi connectivity index (χ1n) is 11.1. The molecule has 0 bridgehead atoms. The normalized spacial score (nSPS) is 12.3. The highest BCUT2D eigenvalue weighted by molar-refractivity contribution is 6.30. The van der Waals surface area contributed by atoms with Crippen LogP contribution in [0, 0.1) is 5.82 Å². The Kier molecular flexibility index (Phi) is 8.14. The van der Waals surface area contributed by atoms with Gasteiger partial charge in [0.2, 0.25) is 5.62 Å². The maximum absolute atomic E-state index is 13.8. The molecular weight excluding hydrogens is 521 g/mol. The maximum atomic E-state index is 13.8. The number of nitrogens with one attached hydrogen (secondary N) is 1. The van der Waals surface area contributed by atoms with Gasteiger partial charge >= 0.3 is 17.3 Å². The van der Waals surface area contributed by atoms with Gasteiger partial charge < -0.3 is 14.6 Å². The van der Waals surface area contributed by atoms with Crippen LogP contribution >= 0.6 is 11.6 Å². The van der Waals surface area contributed by atoms with Crippen LogP contribution in [0.4, 0.5) is 10.1 Å². The Hall–Kier alpha value is -4.55. The van der Waals surface area contributed by atoms with Gasteiger partial charge in [-0.1, -0.05) is 23.7 Å². The first-order chi connectivity index (χ1) is 18.2. The fraction of sp³-hybridized carbons (Fsp3) is 0.160. The van der Waals surface area contributed by atoms with Crippen molar-refractivity contribution in [1.82, 2.24) is 19.1 Å². The standard InChI is InChI=1S/C25H21ClFN5O6/c1-37-20(22(33)34)14-32-24(35)30-23(31(25(32)36)13-15-4-6-16(26)7-5-15)29-17-8-10-18(11-9-17)38-21-19(27)3-2-12-28-21/h2-12,20H,13-14H2,1H3,(H,33,34)(H,29,30,35)/t20-/m0/s1. The summed E-state index contributed by atoms with van der Waals surface area (Å²) in [5, 5.41) is 9.80. The van der Waals surface area contributed by atoms with Crippen molar-refractivity contribution in [2.75, 3.05) is 7.11 Å². The van der Waals surface area contributed by atoms with Gasteiger partial charge in [-0.15, -0.1) is 0 Å². The lowest BCUT2D eigenvalue weighted by molar-refractivity contribution is -0.149. The Morgan fingerprint density at radius 1 is 1.13 bits per heavy atom. The fourth-order valence-electron chi connectivity index (χ4n) is 3.41. The van der Waals surface area contributed by atoms with Crippen molar-refractivity contribution in [3.8, 4) is 11.6 Å². The number of aliphatic carboxylic acids is 1. The molecular formula is C25H21ClFN5O6. The van der Waals surface area contributed by atoms with E-state index in [1.165, 1.54) is 54.3 Å². The zero-order chi connectivity index (χ0) is 27.2. The van der Waals surface area contributed by atoms with Crippen LogP contribution in [0.25, 0.3) is 0 Å². The van der Waals surface area contributed by atoms with Crippen LogP contribution in [0.2, 0.25) is 5.02 Å². The van der Waals surface area contributed by atoms with Crippen molar-refractivity contribution in [3.05, 3.63) is 110 Å². The number of hydrogen-bond donors (Lipinski definition) is 2. The molecule has 11 nitrogen and oxygen atoms in total. The number of pyridine rings is 1. The highest BCUT2D eigenvalue weighted by Gasteiger charge is 2.20. The van der Waals surface area contributed by atoms with Gasteiger partial charge in [-0.2, -0.15) is 0 Å². The molecule has 2 heterocycles. The molecule has 196 valence electrons. The topological polar surface area (TPSA) is 141 Å². The molecule has 0 unspecified atom stereocenters. The van der Waals surface area contributed by atoms with Crippen LogP contribution < -0.4 is 21.7 Å². The van der Waals surface area contributed by atoms with Crippen molar-refractivity contribution in [2.24, 2.45) is 4.99 Å². The average Bonchev–Trinajstić information content (AvgIpc) is 2.89. The van der Waals surface area contributed by atoms with Crippen LogP contribution in [0.1, 0.15) is 5.56 Å². The number of nitrogens with zero attached hydrogens (tertiary/aromatic N) is 4. The second kappa shape index (κ2) is 11.7. The SMILES string of the molecule is CO[C@@H](Cn1c(=O)[nH]/c(=N\c2ccc(Oc3ncccc3F)cc2)n(Cc2ccc(Cl)cc2)c1=O)C(=O)O. The molecule has 2 aromatic heterocycles. The first-order valence-corrected chi connectivity index (χ1v) is 11.5. The molecule has 0 aliphatic carbocycles. The third-order valence-electron chi connectivity index (χ3n) is 5.35. The van der Waals surface area contributed by atoms with Gasteiger partial charge in [-0.25, -0.2) is 33.3 Å². The first kappa shape index (κ1) is 26.5. The molecule has 0 spiro atoms. The van der Waals surface area contributed by atoms with Crippen LogP contribution in [0.5, 0.6) is 11.6 Å². The minimum absolute atomic E-state index is 0.00349. The fourth-order valence-corrected chi connectivity index (χ4v) is 3.53. The van der Waals surface area contributed by atoms with E-state index in [1.807, 2.05) is 0 Å². The summed E-state index contributed by atoms with van der Waals surface area (Å²) < 4.78 is 26.1. The third kappa shape index (κ3) is 6.22. The second-order valence-electron chi connectivity index (χ2n) is 7.92. The summed E-state index contributed by atoms with van der Waals surface area (Å²) in [6.45, 7) is -0.520. The average molecular weight is 542 g/mol. The Balaban J connectivity index is 1.75. The number of rotatable bonds is 9. The molecule has 0 fully saturated rings. The minimum atomic E-state index is -1.42. The van der Waals surface area contributed by atoms with Gasteiger partial charge in [-0.3, -0.25) is 9.55 Å². The molecule has 4 rings (SSSR count). The summed E-state index contributed by atoms with van der Waals surface area (Å²) in [6, 6.07) is 15.5. The molecule has 1 atom stereocenters. The van der Waals surface area contributed by atoms with E-state index >= 15 is 0 Å². The quantitative estimate of drug-likeness (QED) is 0.332. The highest BCUT2D eigenvalue weighted by atomic mass is 35.5. The number of aromatic amines is 1. The Bertz CT molecular complexity index is 1630. The Morgan fingerprint density at radius 2 is 1.84 bits per heavy atom. The molecule has 0 aliphatic heterocycles. The summed E-state index contributed by atoms with van der Waals surface area (Å²) in [5.74, 6) is -1.86. The van der Waals surface area contributed by atoms with Gasteiger partial charge in [0.05, 0.1) is 18.8 Å². The van der Waals surface area contributed by atoms with Gasteiger partial charge in [-0.05, 0) is 54.1 Å². The zero-order valence-electron chi connectivity index (χ0n) is 19.9. The van der Waals surface area contributed by atoms with E-state index in [1.54, 1.807) is 24.3 Å². The summed E-state index contributed by atoms with van der Waals surface area (Å²) in [7, 11) is 1.17. The second-order valence-corrected chi connectivity index (χ2v) is 8.36. The van der Waals surface area contributed by atoms with Crippen molar-refractivity contribution in [1.29, 1.82) is 0 Å². The molecule has 0 saturated heterocycles. The number of carboxylic acid groups (broad SMARTS) is 1. The van der Waals surface area contributed by atoms with E-state index < -0.39 is 35.8 Å². The Labute approximate surface area is 219 Å². The summed E-state index contributed by atoms with van der Waals surface area (Å²) >= 11 is 5.96. The van der Waals surface area contributed by atoms with Gasteiger partial charge in [0.1, 0.15) is 5.75 Å². The van der Waals surface area contributed by atoms with Crippen LogP contribution in [-0.2, 0) is 22.6 Å². The molecule has 2 N–H and O–H groups in total. The predicted molar refractivity (Wildman–Crippen MR) is 134 cm³/mol. The van der Waals surface area contributed by atoms with Gasteiger partial charge in [0.15, 0.2) is 11.9 Å². The van der Waals surface area contributed by atoms with Crippen molar-refractivity contribution in [2.45, 2.75) is 19.2 Å². The number of methoxy groups -OCH3 is 1. The lowest BCUT2D eigenvalue weighted by atomic mass is 10.2. The van der Waals surface area contributed by atoms with E-state index in [2.05, 4.69) is 15.0 Å². The number of benzene rings is 2. The monoisotopic (exact) mass is 541 g/mol. The summed E-state index contributed by atoms with van der Waals surface area (Å²) in [5.41, 5.74) is -0.725. The van der Waals surface area contributed by atoms with Crippen LogP contribution in [0.3, 0.4) is 0 Å². The summed E-state index contributed by atoms with van der Waals surface area (Å²) in [4.78, 5) is 48.3. The molecule has 2 aromatic carbocycles. The number of aromatic nitrogens is 4. The van der Waals surface area contributed by atoms with Gasteiger partial charge in [0, 0.05) is 18.3 Å². The molecule has 13 heteroatoms. The van der Waals surface area contributed by atoms with Crippen molar-refractivity contribution in [3.63, 3.8) is 0 Å². The molecule has 0 saturated carbocycles. The van der Waals surface area contributed by atoms with E-state index in [4.69, 9.17) is 21.1 Å². The number of hydrogen-bond acceptors (Lipinski definition) is 7. The van der Waals surface area contributed by atoms with Crippen molar-refractivity contribution >= 4 is 23.3 Å². The molecule has 0 aliphatic rings. The van der Waals surface area contributed by atoms with E-state index in [0.29, 0.717) is 22.0 Å². The lowest BCUT2D eigenvalue weighted by Gasteiger charge is -2.14. The van der Waals surface area contributed by atoms with Crippen molar-refractivity contribution < 1.29 is 23.8 Å². The summed E-state index contributed by atoms with van der Waals surface area (Å²) in [6.07, 6.45) is -0.0252. The van der Waals surface area contributed by atoms with E-state index in [-0.39, 0.29) is 18.0 Å². The number of carboxylic acids is 1. The molecule has 4 aromatic rings. The maximum Gasteiger partial charge on any atom is 0.335 e. The number of carbonyl (C=O) groups is 1. The highest BCUT2D eigenvalue weighted by Crippen LogP contribution is 2.24.